The van der Waals surface area contributed by atoms with E-state index in [-0.39, 0.29) is 0 Å². The van der Waals surface area contributed by atoms with Gasteiger partial charge in [-0.05, 0) is 18.1 Å². The number of aryl methyl sites for hydroxylation is 1. The molecule has 2 aromatic rings. The first-order chi connectivity index (χ1) is 10.1. The van der Waals surface area contributed by atoms with Gasteiger partial charge in [0.15, 0.2) is 5.82 Å². The number of nitrogens with one attached hydrogen (secondary N) is 1. The third-order valence-electron chi connectivity index (χ3n) is 3.68. The summed E-state index contributed by atoms with van der Waals surface area (Å²) in [6.45, 7) is 1.91. The molecule has 1 aliphatic rings. The van der Waals surface area contributed by atoms with Crippen LogP contribution >= 0.6 is 0 Å². The van der Waals surface area contributed by atoms with Crippen LogP contribution in [0.1, 0.15) is 17.0 Å². The lowest BCUT2D eigenvalue weighted by molar-refractivity contribution is -0.131. The summed E-state index contributed by atoms with van der Waals surface area (Å²) in [6.07, 6.45) is 2.21. The van der Waals surface area contributed by atoms with E-state index in [0.717, 1.165) is 16.7 Å². The normalized spacial score (nSPS) is 23.7. The van der Waals surface area contributed by atoms with E-state index in [1.54, 1.807) is 36.7 Å². The smallest absolute Gasteiger partial charge is 0.250 e. The molecule has 108 valence electrons. The number of halogens is 1. The van der Waals surface area contributed by atoms with Gasteiger partial charge in [-0.25, -0.2) is 19.8 Å². The van der Waals surface area contributed by atoms with Crippen LogP contribution in [0.5, 0.6) is 0 Å². The SMILES string of the molecule is Cc1cnc(-c2ccc(C3C(F)C3C(=O)NO)cc2)nc1. The minimum absolute atomic E-state index is 0.495. The number of carbonyl (C=O) groups excluding carboxylic acids is 1. The van der Waals surface area contributed by atoms with Gasteiger partial charge in [0, 0.05) is 23.9 Å². The highest BCUT2D eigenvalue weighted by Gasteiger charge is 2.56. The summed E-state index contributed by atoms with van der Waals surface area (Å²) < 4.78 is 13.6. The first-order valence-corrected chi connectivity index (χ1v) is 6.59. The van der Waals surface area contributed by atoms with Crippen molar-refractivity contribution in [3.63, 3.8) is 0 Å². The van der Waals surface area contributed by atoms with Crippen LogP contribution in [-0.4, -0.2) is 27.3 Å². The summed E-state index contributed by atoms with van der Waals surface area (Å²) in [5.74, 6) is -1.38. The van der Waals surface area contributed by atoms with Gasteiger partial charge in [-0.3, -0.25) is 10.0 Å². The minimum Gasteiger partial charge on any atom is -0.289 e. The molecule has 1 saturated carbocycles. The van der Waals surface area contributed by atoms with Crippen LogP contribution in [0.4, 0.5) is 4.39 Å². The van der Waals surface area contributed by atoms with Crippen LogP contribution in [0.3, 0.4) is 0 Å². The number of hydroxylamine groups is 1. The van der Waals surface area contributed by atoms with E-state index in [4.69, 9.17) is 5.21 Å². The van der Waals surface area contributed by atoms with Crippen LogP contribution in [-0.2, 0) is 4.79 Å². The highest BCUT2D eigenvalue weighted by Crippen LogP contribution is 2.50. The summed E-state index contributed by atoms with van der Waals surface area (Å²) in [6, 6.07) is 7.14. The van der Waals surface area contributed by atoms with E-state index in [9.17, 15) is 9.18 Å². The molecule has 0 radical (unpaired) electrons. The number of hydrogen-bond acceptors (Lipinski definition) is 4. The number of hydrogen-bond donors (Lipinski definition) is 2. The van der Waals surface area contributed by atoms with E-state index in [0.29, 0.717) is 5.82 Å². The fraction of sp³-hybridized carbons (Fsp3) is 0.267. The molecule has 1 fully saturated rings. The molecule has 1 aliphatic carbocycles. The Hall–Kier alpha value is -2.34. The van der Waals surface area contributed by atoms with Crippen LogP contribution in [0.2, 0.25) is 0 Å². The van der Waals surface area contributed by atoms with Crippen molar-refractivity contribution in [2.45, 2.75) is 19.0 Å². The predicted octanol–water partition coefficient (Wildman–Crippen LogP) is 2.01. The fourth-order valence-electron chi connectivity index (χ4n) is 2.44. The molecule has 6 heteroatoms. The second kappa shape index (κ2) is 5.21. The Labute approximate surface area is 120 Å². The second-order valence-corrected chi connectivity index (χ2v) is 5.18. The van der Waals surface area contributed by atoms with Gasteiger partial charge in [-0.15, -0.1) is 0 Å². The first-order valence-electron chi connectivity index (χ1n) is 6.59. The lowest BCUT2D eigenvalue weighted by Gasteiger charge is -2.03. The molecule has 0 spiro atoms. The van der Waals surface area contributed by atoms with E-state index in [1.165, 1.54) is 5.48 Å². The molecule has 3 atom stereocenters. The maximum Gasteiger partial charge on any atom is 0.250 e. The second-order valence-electron chi connectivity index (χ2n) is 5.18. The Kier molecular flexibility index (Phi) is 3.39. The van der Waals surface area contributed by atoms with Crippen molar-refractivity contribution in [1.82, 2.24) is 15.4 Å². The Balaban J connectivity index is 1.79. The maximum atomic E-state index is 13.6. The summed E-state index contributed by atoms with van der Waals surface area (Å²) in [4.78, 5) is 19.7. The highest BCUT2D eigenvalue weighted by molar-refractivity contribution is 5.83. The summed E-state index contributed by atoms with van der Waals surface area (Å²) in [5, 5.41) is 8.56. The molecule has 3 unspecified atom stereocenters. The third kappa shape index (κ3) is 2.50. The fourth-order valence-corrected chi connectivity index (χ4v) is 2.44. The van der Waals surface area contributed by atoms with Crippen molar-refractivity contribution >= 4 is 5.91 Å². The molecule has 0 aliphatic heterocycles. The Bertz CT molecular complexity index is 658. The number of benzene rings is 1. The first kappa shape index (κ1) is 13.6. The lowest BCUT2D eigenvalue weighted by atomic mass is 10.1. The van der Waals surface area contributed by atoms with Gasteiger partial charge in [0.05, 0.1) is 5.92 Å². The molecule has 1 heterocycles. The lowest BCUT2D eigenvalue weighted by Crippen LogP contribution is -2.21. The summed E-state index contributed by atoms with van der Waals surface area (Å²) >= 11 is 0. The Morgan fingerprint density at radius 3 is 2.43 bits per heavy atom. The average molecular weight is 287 g/mol. The third-order valence-corrected chi connectivity index (χ3v) is 3.68. The van der Waals surface area contributed by atoms with Crippen LogP contribution in [0, 0.1) is 12.8 Å². The highest BCUT2D eigenvalue weighted by atomic mass is 19.1. The van der Waals surface area contributed by atoms with E-state index in [1.807, 2.05) is 6.92 Å². The van der Waals surface area contributed by atoms with Gasteiger partial charge in [-0.1, -0.05) is 24.3 Å². The zero-order chi connectivity index (χ0) is 15.0. The summed E-state index contributed by atoms with van der Waals surface area (Å²) in [5.41, 5.74) is 4.04. The number of rotatable bonds is 3. The van der Waals surface area contributed by atoms with Crippen molar-refractivity contribution in [1.29, 1.82) is 0 Å². The van der Waals surface area contributed by atoms with E-state index < -0.39 is 23.9 Å². The van der Waals surface area contributed by atoms with Crippen molar-refractivity contribution in [2.24, 2.45) is 5.92 Å². The van der Waals surface area contributed by atoms with Crippen LogP contribution < -0.4 is 5.48 Å². The zero-order valence-electron chi connectivity index (χ0n) is 11.3. The van der Waals surface area contributed by atoms with Gasteiger partial charge in [0.2, 0.25) is 5.91 Å². The Morgan fingerprint density at radius 2 is 1.86 bits per heavy atom. The quantitative estimate of drug-likeness (QED) is 0.669. The molecule has 1 aromatic carbocycles. The minimum atomic E-state index is -1.25. The molecule has 1 aromatic heterocycles. The molecular formula is C15H14FN3O2. The van der Waals surface area contributed by atoms with E-state index in [2.05, 4.69) is 9.97 Å². The average Bonchev–Trinajstić information content (AvgIpc) is 3.19. The zero-order valence-corrected chi connectivity index (χ0v) is 11.3. The standard InChI is InChI=1S/C15H14FN3O2/c1-8-6-17-14(18-7-8)10-4-2-9(3-5-10)11-12(13(11)16)15(20)19-21/h2-7,11-13,21H,1H3,(H,19,20). The molecule has 1 amide bonds. The predicted molar refractivity (Wildman–Crippen MR) is 73.3 cm³/mol. The molecule has 0 bridgehead atoms. The molecule has 21 heavy (non-hydrogen) atoms. The molecular weight excluding hydrogens is 273 g/mol. The number of amides is 1. The monoisotopic (exact) mass is 287 g/mol. The molecule has 5 nitrogen and oxygen atoms in total. The topological polar surface area (TPSA) is 75.1 Å². The molecule has 3 rings (SSSR count). The number of aromatic nitrogens is 2. The van der Waals surface area contributed by atoms with Gasteiger partial charge in [0.1, 0.15) is 6.17 Å². The van der Waals surface area contributed by atoms with Crippen molar-refractivity contribution in [3.05, 3.63) is 47.8 Å². The maximum absolute atomic E-state index is 13.6. The van der Waals surface area contributed by atoms with Crippen LogP contribution in [0.15, 0.2) is 36.7 Å². The summed E-state index contributed by atoms with van der Waals surface area (Å²) in [7, 11) is 0. The largest absolute Gasteiger partial charge is 0.289 e. The Morgan fingerprint density at radius 1 is 1.24 bits per heavy atom. The number of carbonyl (C=O) groups is 1. The van der Waals surface area contributed by atoms with Gasteiger partial charge in [0.25, 0.3) is 0 Å². The van der Waals surface area contributed by atoms with Crippen molar-refractivity contribution < 1.29 is 14.4 Å². The number of alkyl halides is 1. The van der Waals surface area contributed by atoms with Crippen LogP contribution in [0.25, 0.3) is 11.4 Å². The van der Waals surface area contributed by atoms with Gasteiger partial charge < -0.3 is 0 Å². The van der Waals surface area contributed by atoms with Gasteiger partial charge >= 0.3 is 0 Å². The molecule has 0 saturated heterocycles. The molecule has 2 N–H and O–H groups in total. The van der Waals surface area contributed by atoms with Crippen molar-refractivity contribution in [3.8, 4) is 11.4 Å². The van der Waals surface area contributed by atoms with E-state index >= 15 is 0 Å². The van der Waals surface area contributed by atoms with Gasteiger partial charge in [-0.2, -0.15) is 0 Å². The van der Waals surface area contributed by atoms with Crippen molar-refractivity contribution in [2.75, 3.05) is 0 Å². The number of nitrogens with zero attached hydrogens (tertiary/aromatic N) is 2.